The second kappa shape index (κ2) is 11.3. The highest BCUT2D eigenvalue weighted by atomic mass is 35.5. The first-order valence-electron chi connectivity index (χ1n) is 8.10. The Balaban J connectivity index is 2.25. The zero-order chi connectivity index (χ0) is 15.5. The molecule has 0 spiro atoms. The Morgan fingerprint density at radius 2 is 1.62 bits per heavy atom. The van der Waals surface area contributed by atoms with E-state index in [9.17, 15) is 0 Å². The van der Waals surface area contributed by atoms with E-state index in [0.717, 1.165) is 12.0 Å². The van der Waals surface area contributed by atoms with Gasteiger partial charge in [-0.1, -0.05) is 87.6 Å². The summed E-state index contributed by atoms with van der Waals surface area (Å²) in [6.45, 7) is 2.25. The number of nitrogens with two attached hydrogens (primary N) is 1. The molecule has 0 heterocycles. The van der Waals surface area contributed by atoms with Crippen LogP contribution in [0.4, 0.5) is 0 Å². The molecule has 4 heteroatoms. The molecule has 1 rings (SSSR count). The van der Waals surface area contributed by atoms with Crippen LogP contribution < -0.4 is 11.3 Å². The lowest BCUT2D eigenvalue weighted by molar-refractivity contribution is 0.475. The van der Waals surface area contributed by atoms with Crippen LogP contribution in [0.25, 0.3) is 0 Å². The lowest BCUT2D eigenvalue weighted by Gasteiger charge is -2.17. The van der Waals surface area contributed by atoms with Crippen molar-refractivity contribution in [1.82, 2.24) is 5.43 Å². The van der Waals surface area contributed by atoms with Gasteiger partial charge in [0.25, 0.3) is 0 Å². The van der Waals surface area contributed by atoms with Gasteiger partial charge in [-0.25, -0.2) is 0 Å². The smallest absolute Gasteiger partial charge is 0.0474 e. The molecule has 21 heavy (non-hydrogen) atoms. The zero-order valence-electron chi connectivity index (χ0n) is 13.0. The first kappa shape index (κ1) is 18.8. The highest BCUT2D eigenvalue weighted by Crippen LogP contribution is 2.29. The number of hydrogen-bond donors (Lipinski definition) is 2. The van der Waals surface area contributed by atoms with E-state index in [2.05, 4.69) is 12.3 Å². The van der Waals surface area contributed by atoms with Crippen LogP contribution in [-0.4, -0.2) is 0 Å². The lowest BCUT2D eigenvalue weighted by atomic mass is 10.00. The normalized spacial score (nSPS) is 12.6. The predicted octanol–water partition coefficient (Wildman–Crippen LogP) is 6.03. The average Bonchev–Trinajstić information content (AvgIpc) is 2.47. The standard InChI is InChI=1S/C17H28Cl2N2/c1-2-3-4-5-6-7-8-9-10-17(21-20)15-12-11-14(18)13-16(15)19/h11-13,17,21H,2-10,20H2,1H3. The first-order chi connectivity index (χ1) is 10.2. The maximum absolute atomic E-state index is 6.23. The summed E-state index contributed by atoms with van der Waals surface area (Å²) in [5.41, 5.74) is 3.90. The molecular weight excluding hydrogens is 303 g/mol. The molecule has 3 N–H and O–H groups in total. The molecule has 0 radical (unpaired) electrons. The van der Waals surface area contributed by atoms with Gasteiger partial charge in [0.1, 0.15) is 0 Å². The SMILES string of the molecule is CCCCCCCCCCC(NN)c1ccc(Cl)cc1Cl. The number of halogens is 2. The van der Waals surface area contributed by atoms with Crippen LogP contribution in [0.3, 0.4) is 0 Å². The van der Waals surface area contributed by atoms with E-state index in [-0.39, 0.29) is 6.04 Å². The van der Waals surface area contributed by atoms with Gasteiger partial charge in [-0.3, -0.25) is 11.3 Å². The number of hydrogen-bond acceptors (Lipinski definition) is 2. The molecular formula is C17H28Cl2N2. The first-order valence-corrected chi connectivity index (χ1v) is 8.85. The molecule has 120 valence electrons. The van der Waals surface area contributed by atoms with Gasteiger partial charge >= 0.3 is 0 Å². The highest BCUT2D eigenvalue weighted by molar-refractivity contribution is 6.35. The Morgan fingerprint density at radius 3 is 2.19 bits per heavy atom. The topological polar surface area (TPSA) is 38.0 Å². The molecule has 0 aliphatic rings. The summed E-state index contributed by atoms with van der Waals surface area (Å²) in [5.74, 6) is 5.67. The van der Waals surface area contributed by atoms with Crippen molar-refractivity contribution in [2.24, 2.45) is 5.84 Å². The number of hydrazine groups is 1. The van der Waals surface area contributed by atoms with Crippen molar-refractivity contribution in [3.8, 4) is 0 Å². The molecule has 0 bridgehead atoms. The summed E-state index contributed by atoms with van der Waals surface area (Å²) in [7, 11) is 0. The van der Waals surface area contributed by atoms with Crippen LogP contribution in [0.15, 0.2) is 18.2 Å². The summed E-state index contributed by atoms with van der Waals surface area (Å²) in [5, 5.41) is 1.34. The lowest BCUT2D eigenvalue weighted by Crippen LogP contribution is -2.28. The van der Waals surface area contributed by atoms with Gasteiger partial charge in [-0.2, -0.15) is 0 Å². The fourth-order valence-electron chi connectivity index (χ4n) is 2.60. The largest absolute Gasteiger partial charge is 0.271 e. The molecule has 0 aliphatic carbocycles. The summed E-state index contributed by atoms with van der Waals surface area (Å²) in [4.78, 5) is 0. The Kier molecular flexibility index (Phi) is 10.1. The molecule has 0 saturated carbocycles. The maximum Gasteiger partial charge on any atom is 0.0474 e. The minimum Gasteiger partial charge on any atom is -0.271 e. The van der Waals surface area contributed by atoms with E-state index in [1.54, 1.807) is 6.07 Å². The van der Waals surface area contributed by atoms with Gasteiger partial charge < -0.3 is 0 Å². The van der Waals surface area contributed by atoms with Crippen molar-refractivity contribution in [2.45, 2.75) is 70.8 Å². The molecule has 2 nitrogen and oxygen atoms in total. The van der Waals surface area contributed by atoms with Crippen molar-refractivity contribution in [2.75, 3.05) is 0 Å². The minimum absolute atomic E-state index is 0.106. The molecule has 0 amide bonds. The van der Waals surface area contributed by atoms with E-state index in [0.29, 0.717) is 10.0 Å². The molecule has 0 aliphatic heterocycles. The van der Waals surface area contributed by atoms with Crippen molar-refractivity contribution in [1.29, 1.82) is 0 Å². The Labute approximate surface area is 139 Å². The van der Waals surface area contributed by atoms with E-state index in [4.69, 9.17) is 29.0 Å². The average molecular weight is 331 g/mol. The summed E-state index contributed by atoms with van der Waals surface area (Å²) in [6.07, 6.45) is 11.5. The molecule has 0 fully saturated rings. The Morgan fingerprint density at radius 1 is 1.00 bits per heavy atom. The van der Waals surface area contributed by atoms with Gasteiger partial charge in [0, 0.05) is 16.1 Å². The molecule has 0 aromatic heterocycles. The van der Waals surface area contributed by atoms with E-state index in [1.807, 2.05) is 12.1 Å². The van der Waals surface area contributed by atoms with Crippen LogP contribution >= 0.6 is 23.2 Å². The number of rotatable bonds is 11. The fraction of sp³-hybridized carbons (Fsp3) is 0.647. The summed E-state index contributed by atoms with van der Waals surface area (Å²) < 4.78 is 0. The van der Waals surface area contributed by atoms with E-state index in [1.165, 1.54) is 51.4 Å². The van der Waals surface area contributed by atoms with Crippen LogP contribution in [0, 0.1) is 0 Å². The number of unbranched alkanes of at least 4 members (excludes halogenated alkanes) is 7. The Hall–Kier alpha value is -0.280. The second-order valence-electron chi connectivity index (χ2n) is 5.65. The molecule has 0 saturated heterocycles. The van der Waals surface area contributed by atoms with Gasteiger partial charge in [-0.05, 0) is 24.1 Å². The van der Waals surface area contributed by atoms with E-state index < -0.39 is 0 Å². The molecule has 1 aromatic rings. The summed E-state index contributed by atoms with van der Waals surface area (Å²) >= 11 is 12.2. The fourth-order valence-corrected chi connectivity index (χ4v) is 3.14. The van der Waals surface area contributed by atoms with E-state index >= 15 is 0 Å². The van der Waals surface area contributed by atoms with Crippen LogP contribution in [-0.2, 0) is 0 Å². The quantitative estimate of drug-likeness (QED) is 0.295. The monoisotopic (exact) mass is 330 g/mol. The number of benzene rings is 1. The van der Waals surface area contributed by atoms with Gasteiger partial charge in [-0.15, -0.1) is 0 Å². The van der Waals surface area contributed by atoms with Crippen LogP contribution in [0.5, 0.6) is 0 Å². The number of nitrogens with one attached hydrogen (secondary N) is 1. The third-order valence-corrected chi connectivity index (χ3v) is 4.45. The van der Waals surface area contributed by atoms with Gasteiger partial charge in [0.15, 0.2) is 0 Å². The zero-order valence-corrected chi connectivity index (χ0v) is 14.5. The third kappa shape index (κ3) is 7.51. The van der Waals surface area contributed by atoms with Gasteiger partial charge in [0.2, 0.25) is 0 Å². The van der Waals surface area contributed by atoms with Crippen molar-refractivity contribution in [3.05, 3.63) is 33.8 Å². The molecule has 1 atom stereocenters. The van der Waals surface area contributed by atoms with Crippen molar-refractivity contribution in [3.63, 3.8) is 0 Å². The van der Waals surface area contributed by atoms with Crippen molar-refractivity contribution < 1.29 is 0 Å². The third-order valence-electron chi connectivity index (χ3n) is 3.89. The van der Waals surface area contributed by atoms with Crippen LogP contribution in [0.1, 0.15) is 76.3 Å². The van der Waals surface area contributed by atoms with Crippen molar-refractivity contribution >= 4 is 23.2 Å². The predicted molar refractivity (Wildman–Crippen MR) is 93.8 cm³/mol. The Bertz CT molecular complexity index is 396. The van der Waals surface area contributed by atoms with Crippen LogP contribution in [0.2, 0.25) is 10.0 Å². The van der Waals surface area contributed by atoms with Gasteiger partial charge in [0.05, 0.1) is 0 Å². The molecule has 1 unspecified atom stereocenters. The molecule has 1 aromatic carbocycles. The maximum atomic E-state index is 6.23. The minimum atomic E-state index is 0.106. The highest BCUT2D eigenvalue weighted by Gasteiger charge is 2.13. The second-order valence-corrected chi connectivity index (χ2v) is 6.49. The summed E-state index contributed by atoms with van der Waals surface area (Å²) in [6, 6.07) is 5.70.